The van der Waals surface area contributed by atoms with Gasteiger partial charge in [0.1, 0.15) is 29.0 Å². The molecule has 2 fully saturated rings. The van der Waals surface area contributed by atoms with Crippen molar-refractivity contribution >= 4 is 35.5 Å². The third kappa shape index (κ3) is 15.9. The van der Waals surface area contributed by atoms with Crippen LogP contribution in [0.5, 0.6) is 23.0 Å². The van der Waals surface area contributed by atoms with Crippen LogP contribution in [0.25, 0.3) is 34.2 Å². The Labute approximate surface area is 495 Å². The molecule has 0 spiro atoms. The highest BCUT2D eigenvalue weighted by atomic mass is 16.4. The Kier molecular flexibility index (Phi) is 20.8. The fourth-order valence-corrected chi connectivity index (χ4v) is 10.6. The van der Waals surface area contributed by atoms with Gasteiger partial charge >= 0.3 is 17.3 Å². The van der Waals surface area contributed by atoms with Gasteiger partial charge in [-0.3, -0.25) is 38.6 Å². The quantitative estimate of drug-likeness (QED) is 0.0393. The van der Waals surface area contributed by atoms with Crippen LogP contribution < -0.4 is 27.3 Å². The predicted octanol–water partition coefficient (Wildman–Crippen LogP) is 3.36. The van der Waals surface area contributed by atoms with Gasteiger partial charge in [0.25, 0.3) is 0 Å². The number of carboxylic acids is 1. The standard InChI is InChI=1S/C60H75N13O13/c1-36(2)42-30-44(49(76)32-47(42)74)56-64-66-59(85)72(56)40-12-8-38(9-13-40)34-68-22-26-70(27-23-68)53(80)17-16-46(63-52(79)18-20-61-51(78)6-5-7-55(82)83)58(84)62-21-19-54(81)71-28-24-69(25-29-71)35-39-10-14-41(15-11-39)73-57(65-67-60(73)86)45-31-43(37(3)4)48(75)33-50(45)77/h8-15,30-33,36-37,46,74-77H,5-7,16-29,34-35H2,1-4H3,(H,61,78)(H,62,84)(H,63,79)(H,66,85)(H,67,86)(H,82,83)/t46-/m1/s1. The molecule has 2 saturated heterocycles. The average Bonchev–Trinajstić information content (AvgIpc) is 1.87. The summed E-state index contributed by atoms with van der Waals surface area (Å²) in [6.45, 7) is 12.6. The van der Waals surface area contributed by atoms with Crippen molar-refractivity contribution in [2.45, 2.75) is 104 Å². The molecule has 1 atom stereocenters. The number of aromatic amines is 2. The first kappa shape index (κ1) is 62.7. The van der Waals surface area contributed by atoms with E-state index in [9.17, 15) is 58.8 Å². The number of piperazine rings is 2. The van der Waals surface area contributed by atoms with Crippen molar-refractivity contribution in [3.05, 3.63) is 116 Å². The van der Waals surface area contributed by atoms with Gasteiger partial charge in [0.15, 0.2) is 11.6 Å². The highest BCUT2D eigenvalue weighted by Gasteiger charge is 2.28. The first-order chi connectivity index (χ1) is 41.1. The molecule has 6 aromatic rings. The van der Waals surface area contributed by atoms with E-state index in [0.29, 0.717) is 87.9 Å². The first-order valence-electron chi connectivity index (χ1n) is 28.9. The van der Waals surface area contributed by atoms with Gasteiger partial charge in [0, 0.05) is 123 Å². The summed E-state index contributed by atoms with van der Waals surface area (Å²) < 4.78 is 2.70. The maximum Gasteiger partial charge on any atom is 0.348 e. The number of aromatic hydroxyl groups is 4. The lowest BCUT2D eigenvalue weighted by molar-refractivity contribution is -0.137. The van der Waals surface area contributed by atoms with Crippen LogP contribution in [0.3, 0.4) is 0 Å². The van der Waals surface area contributed by atoms with E-state index in [0.717, 1.165) is 11.1 Å². The molecule has 86 heavy (non-hydrogen) atoms. The number of hydrogen-bond acceptors (Lipinski definition) is 16. The molecule has 2 aliphatic heterocycles. The molecule has 8 rings (SSSR count). The van der Waals surface area contributed by atoms with Crippen molar-refractivity contribution in [3.63, 3.8) is 0 Å². The van der Waals surface area contributed by atoms with Crippen LogP contribution >= 0.6 is 0 Å². The smallest absolute Gasteiger partial charge is 0.348 e. The topological polar surface area (TPSA) is 354 Å². The van der Waals surface area contributed by atoms with Crippen molar-refractivity contribution < 1.29 is 54.3 Å². The second-order valence-electron chi connectivity index (χ2n) is 22.2. The number of aromatic nitrogens is 6. The van der Waals surface area contributed by atoms with Crippen molar-refractivity contribution in [1.29, 1.82) is 0 Å². The minimum Gasteiger partial charge on any atom is -0.508 e. The maximum absolute atomic E-state index is 13.7. The maximum atomic E-state index is 13.7. The molecule has 0 aliphatic carbocycles. The van der Waals surface area contributed by atoms with Gasteiger partial charge in [-0.05, 0) is 83.3 Å². The van der Waals surface area contributed by atoms with E-state index in [1.165, 1.54) is 21.3 Å². The van der Waals surface area contributed by atoms with Crippen LogP contribution in [0, 0.1) is 0 Å². The predicted molar refractivity (Wildman–Crippen MR) is 316 cm³/mol. The Morgan fingerprint density at radius 3 is 1.42 bits per heavy atom. The summed E-state index contributed by atoms with van der Waals surface area (Å²) in [5.74, 6) is -3.28. The number of benzene rings is 4. The van der Waals surface area contributed by atoms with Crippen LogP contribution in [0.2, 0.25) is 0 Å². The van der Waals surface area contributed by atoms with E-state index >= 15 is 0 Å². The van der Waals surface area contributed by atoms with Crippen LogP contribution in [-0.2, 0) is 41.9 Å². The SMILES string of the molecule is CC(C)c1cc(-c2n[nH]c(=O)n2-c2ccc(CN3CCN(C(=O)CCNC(=O)[C@@H](CCC(=O)N4CCN(Cc5ccc(-n6c(-c7cc(C(C)C)c(O)cc7O)n[nH]c6=O)cc5)CC4)NC(=O)CCNC(=O)CCCC(=O)O)CC3)cc2)c(O)cc1O. The summed E-state index contributed by atoms with van der Waals surface area (Å²) in [4.78, 5) is 111. The van der Waals surface area contributed by atoms with Gasteiger partial charge in [-0.2, -0.15) is 10.2 Å². The molecule has 4 heterocycles. The van der Waals surface area contributed by atoms with E-state index in [1.807, 2.05) is 52.0 Å². The minimum atomic E-state index is -1.14. The first-order valence-corrected chi connectivity index (χ1v) is 28.9. The zero-order chi connectivity index (χ0) is 61.8. The zero-order valence-electron chi connectivity index (χ0n) is 48.7. The summed E-state index contributed by atoms with van der Waals surface area (Å²) >= 11 is 0. The van der Waals surface area contributed by atoms with E-state index in [2.05, 4.69) is 46.1 Å². The highest BCUT2D eigenvalue weighted by molar-refractivity contribution is 5.89. The molecule has 4 aromatic carbocycles. The number of phenolic OH excluding ortho intramolecular Hbond substituents is 4. The van der Waals surface area contributed by atoms with Crippen molar-refractivity contribution in [2.24, 2.45) is 0 Å². The van der Waals surface area contributed by atoms with Crippen LogP contribution in [0.1, 0.15) is 107 Å². The van der Waals surface area contributed by atoms with E-state index in [1.54, 1.807) is 46.2 Å². The molecule has 0 unspecified atom stereocenters. The number of carbonyl (C=O) groups excluding carboxylic acids is 5. The summed E-state index contributed by atoms with van der Waals surface area (Å²) in [5.41, 5.74) is 3.67. The molecule has 26 nitrogen and oxygen atoms in total. The fourth-order valence-electron chi connectivity index (χ4n) is 10.6. The molecule has 0 bridgehead atoms. The Morgan fingerprint density at radius 1 is 0.535 bits per heavy atom. The van der Waals surface area contributed by atoms with Gasteiger partial charge in [0.05, 0.1) is 22.5 Å². The molecule has 0 saturated carbocycles. The number of amides is 5. The summed E-state index contributed by atoms with van der Waals surface area (Å²) in [7, 11) is 0. The number of nitrogens with zero attached hydrogens (tertiary/aromatic N) is 8. The summed E-state index contributed by atoms with van der Waals surface area (Å²) in [5, 5.41) is 72.4. The summed E-state index contributed by atoms with van der Waals surface area (Å²) in [6.07, 6.45) is -0.373. The van der Waals surface area contributed by atoms with E-state index < -0.39 is 41.1 Å². The van der Waals surface area contributed by atoms with Gasteiger partial charge in [-0.15, -0.1) is 0 Å². The second kappa shape index (κ2) is 28.5. The lowest BCUT2D eigenvalue weighted by Crippen LogP contribution is -2.51. The summed E-state index contributed by atoms with van der Waals surface area (Å²) in [6, 6.07) is 19.2. The third-order valence-corrected chi connectivity index (χ3v) is 15.4. The zero-order valence-corrected chi connectivity index (χ0v) is 48.7. The van der Waals surface area contributed by atoms with Crippen LogP contribution in [-0.4, -0.2) is 182 Å². The number of carbonyl (C=O) groups is 6. The fraction of sp³-hybridized carbons (Fsp3) is 0.433. The minimum absolute atomic E-state index is 0.0117. The highest BCUT2D eigenvalue weighted by Crippen LogP contribution is 2.39. The molecule has 2 aliphatic rings. The number of carboxylic acid groups (broad SMARTS) is 1. The number of H-pyrrole nitrogens is 2. The molecule has 10 N–H and O–H groups in total. The van der Waals surface area contributed by atoms with E-state index in [-0.39, 0.29) is 127 Å². The lowest BCUT2D eigenvalue weighted by Gasteiger charge is -2.35. The molecular formula is C60H75N13O13. The number of nitrogens with one attached hydrogen (secondary N) is 5. The second-order valence-corrected chi connectivity index (χ2v) is 22.2. The Bertz CT molecular complexity index is 3520. The molecule has 0 radical (unpaired) electrons. The van der Waals surface area contributed by atoms with E-state index in [4.69, 9.17) is 5.11 Å². The monoisotopic (exact) mass is 1190 g/mol. The van der Waals surface area contributed by atoms with Gasteiger partial charge < -0.3 is 51.3 Å². The van der Waals surface area contributed by atoms with Gasteiger partial charge in [-0.1, -0.05) is 52.0 Å². The lowest BCUT2D eigenvalue weighted by atomic mass is 9.98. The van der Waals surface area contributed by atoms with Crippen LogP contribution in [0.15, 0.2) is 82.4 Å². The van der Waals surface area contributed by atoms with Gasteiger partial charge in [0.2, 0.25) is 29.5 Å². The third-order valence-electron chi connectivity index (χ3n) is 15.4. The van der Waals surface area contributed by atoms with Crippen molar-refractivity contribution in [1.82, 2.24) is 65.1 Å². The molecule has 2 aromatic heterocycles. The Hall–Kier alpha value is -9.30. The Morgan fingerprint density at radius 2 is 0.977 bits per heavy atom. The number of aliphatic carboxylic acids is 1. The molecule has 458 valence electrons. The normalized spacial score (nSPS) is 14.3. The molecular weight excluding hydrogens is 1110 g/mol. The number of rotatable bonds is 25. The number of hydrogen-bond donors (Lipinski definition) is 10. The molecule has 5 amide bonds. The van der Waals surface area contributed by atoms with Crippen molar-refractivity contribution in [2.75, 3.05) is 65.4 Å². The van der Waals surface area contributed by atoms with Crippen molar-refractivity contribution in [3.8, 4) is 57.1 Å². The number of phenols is 4. The van der Waals surface area contributed by atoms with Crippen LogP contribution in [0.4, 0.5) is 0 Å². The van der Waals surface area contributed by atoms with Gasteiger partial charge in [-0.25, -0.2) is 28.9 Å². The average molecular weight is 1190 g/mol. The molecule has 26 heteroatoms. The largest absolute Gasteiger partial charge is 0.508 e. The Balaban J connectivity index is 0.802.